The molecule has 2 aliphatic rings. The molecule has 7 heteroatoms. The van der Waals surface area contributed by atoms with Gasteiger partial charge in [-0.1, -0.05) is 62.8 Å². The summed E-state index contributed by atoms with van der Waals surface area (Å²) in [7, 11) is 0. The third-order valence-corrected chi connectivity index (χ3v) is 7.09. The third-order valence-electron chi connectivity index (χ3n) is 7.09. The number of unbranched alkanes of at least 4 members (excludes halogenated alkanes) is 1. The van der Waals surface area contributed by atoms with Gasteiger partial charge in [0.2, 0.25) is 11.8 Å². The van der Waals surface area contributed by atoms with Gasteiger partial charge in [-0.15, -0.1) is 0 Å². The van der Waals surface area contributed by atoms with E-state index in [9.17, 15) is 19.5 Å². The molecule has 2 amide bonds. The number of hydrogen-bond acceptors (Lipinski definition) is 5. The van der Waals surface area contributed by atoms with E-state index in [1.807, 2.05) is 56.3 Å². The lowest BCUT2D eigenvalue weighted by atomic mass is 9.69. The number of aliphatic hydroxyl groups excluding tert-OH is 1. The van der Waals surface area contributed by atoms with Crippen molar-refractivity contribution in [2.45, 2.75) is 58.5 Å². The lowest BCUT2D eigenvalue weighted by Gasteiger charge is -2.34. The number of aliphatic hydroxyl groups is 1. The minimum Gasteiger partial charge on any atom is -0.466 e. The van der Waals surface area contributed by atoms with Crippen LogP contribution in [0.2, 0.25) is 0 Å². The minimum atomic E-state index is -0.777. The number of likely N-dealkylation sites (tertiary alicyclic amines) is 1. The first-order chi connectivity index (χ1) is 16.5. The summed E-state index contributed by atoms with van der Waals surface area (Å²) < 4.78 is 5.37. The van der Waals surface area contributed by atoms with E-state index in [4.69, 9.17) is 4.74 Å². The first-order valence-corrected chi connectivity index (χ1v) is 12.6. The van der Waals surface area contributed by atoms with Crippen LogP contribution in [0.3, 0.4) is 0 Å². The molecule has 1 aliphatic heterocycles. The summed E-state index contributed by atoms with van der Waals surface area (Å²) in [5, 5.41) is 13.3. The fraction of sp³-hybridized carbons (Fsp3) is 0.593. The highest BCUT2D eigenvalue weighted by molar-refractivity contribution is 5.96. The van der Waals surface area contributed by atoms with Crippen molar-refractivity contribution >= 4 is 17.8 Å². The van der Waals surface area contributed by atoms with Gasteiger partial charge in [-0.05, 0) is 37.7 Å². The molecule has 7 nitrogen and oxygen atoms in total. The summed E-state index contributed by atoms with van der Waals surface area (Å²) in [6, 6.07) is 8.28. The molecule has 0 bridgehead atoms. The Morgan fingerprint density at radius 3 is 2.50 bits per heavy atom. The van der Waals surface area contributed by atoms with Gasteiger partial charge in [-0.2, -0.15) is 0 Å². The van der Waals surface area contributed by atoms with Gasteiger partial charge >= 0.3 is 5.97 Å². The highest BCUT2D eigenvalue weighted by atomic mass is 16.5. The predicted octanol–water partition coefficient (Wildman–Crippen LogP) is 2.72. The number of hydrogen-bond donors (Lipinski definition) is 2. The quantitative estimate of drug-likeness (QED) is 0.295. The van der Waals surface area contributed by atoms with Crippen LogP contribution in [0.1, 0.15) is 45.6 Å². The van der Waals surface area contributed by atoms with Crippen LogP contribution in [0.4, 0.5) is 0 Å². The van der Waals surface area contributed by atoms with Crippen LogP contribution in [-0.2, 0) is 25.5 Å². The van der Waals surface area contributed by atoms with Gasteiger partial charge in [-0.3, -0.25) is 14.4 Å². The smallest absolute Gasteiger partial charge is 0.310 e. The zero-order chi connectivity index (χ0) is 24.7. The average Bonchev–Trinajstić information content (AvgIpc) is 3.15. The highest BCUT2D eigenvalue weighted by Crippen LogP contribution is 2.46. The number of rotatable bonds is 11. The zero-order valence-electron chi connectivity index (χ0n) is 20.5. The van der Waals surface area contributed by atoms with Crippen molar-refractivity contribution < 1.29 is 24.2 Å². The molecule has 1 fully saturated rings. The van der Waals surface area contributed by atoms with E-state index in [2.05, 4.69) is 5.32 Å². The Labute approximate surface area is 202 Å². The molecule has 1 aliphatic carbocycles. The van der Waals surface area contributed by atoms with Gasteiger partial charge in [-0.25, -0.2) is 0 Å². The summed E-state index contributed by atoms with van der Waals surface area (Å²) >= 11 is 0. The van der Waals surface area contributed by atoms with Gasteiger partial charge < -0.3 is 20.1 Å². The molecular formula is C27H38N2O5. The van der Waals surface area contributed by atoms with Gasteiger partial charge in [0.15, 0.2) is 0 Å². The number of benzene rings is 1. The maximum atomic E-state index is 13.9. The molecule has 3 rings (SSSR count). The Kier molecular flexibility index (Phi) is 9.28. The van der Waals surface area contributed by atoms with Crippen molar-refractivity contribution in [2.24, 2.45) is 23.7 Å². The second-order valence-corrected chi connectivity index (χ2v) is 9.20. The first kappa shape index (κ1) is 25.9. The monoisotopic (exact) mass is 470 g/mol. The van der Waals surface area contributed by atoms with E-state index in [1.54, 1.807) is 11.8 Å². The van der Waals surface area contributed by atoms with E-state index < -0.39 is 35.8 Å². The topological polar surface area (TPSA) is 95.9 Å². The first-order valence-electron chi connectivity index (χ1n) is 12.6. The maximum Gasteiger partial charge on any atom is 0.310 e. The molecule has 1 aromatic rings. The fourth-order valence-corrected chi connectivity index (χ4v) is 5.42. The van der Waals surface area contributed by atoms with Crippen LogP contribution >= 0.6 is 0 Å². The molecule has 6 atom stereocenters. The standard InChI is InChI=1S/C27H38N2O5/c1-4-7-15-28-25(31)24-21-14-13-19(5-2)22(27(33)34-6-3)23(21)26(32)29(24)20(17-30)16-18-11-9-8-10-12-18/h8-14,19-24,30H,4-7,15-17H2,1-3H3,(H,28,31)/t19-,20-,21+,22-,23-,24+/m1/s1. The molecule has 1 saturated heterocycles. The van der Waals surface area contributed by atoms with E-state index >= 15 is 0 Å². The van der Waals surface area contributed by atoms with E-state index in [0.717, 1.165) is 18.4 Å². The van der Waals surface area contributed by atoms with E-state index in [0.29, 0.717) is 19.4 Å². The molecule has 34 heavy (non-hydrogen) atoms. The maximum absolute atomic E-state index is 13.9. The van der Waals surface area contributed by atoms with Crippen molar-refractivity contribution in [1.29, 1.82) is 0 Å². The van der Waals surface area contributed by atoms with Gasteiger partial charge in [0, 0.05) is 12.5 Å². The van der Waals surface area contributed by atoms with Crippen molar-refractivity contribution in [1.82, 2.24) is 10.2 Å². The Bertz CT molecular complexity index is 871. The van der Waals surface area contributed by atoms with Crippen LogP contribution in [0.15, 0.2) is 42.5 Å². The molecule has 0 spiro atoms. The van der Waals surface area contributed by atoms with E-state index in [1.165, 1.54) is 0 Å². The number of nitrogens with zero attached hydrogens (tertiary/aromatic N) is 1. The lowest BCUT2D eigenvalue weighted by molar-refractivity contribution is -0.156. The summed E-state index contributed by atoms with van der Waals surface area (Å²) in [5.41, 5.74) is 0.971. The second-order valence-electron chi connectivity index (χ2n) is 9.20. The molecule has 1 aromatic carbocycles. The fourth-order valence-electron chi connectivity index (χ4n) is 5.42. The number of amides is 2. The van der Waals surface area contributed by atoms with Crippen LogP contribution in [-0.4, -0.2) is 59.6 Å². The van der Waals surface area contributed by atoms with Crippen molar-refractivity contribution in [3.63, 3.8) is 0 Å². The normalized spacial score (nSPS) is 26.8. The number of nitrogens with one attached hydrogen (secondary N) is 1. The second kappa shape index (κ2) is 12.2. The average molecular weight is 471 g/mol. The summed E-state index contributed by atoms with van der Waals surface area (Å²) in [4.78, 5) is 41.9. The molecule has 186 valence electrons. The van der Waals surface area contributed by atoms with Crippen LogP contribution in [0, 0.1) is 23.7 Å². The van der Waals surface area contributed by atoms with Crippen molar-refractivity contribution in [3.05, 3.63) is 48.0 Å². The van der Waals surface area contributed by atoms with Gasteiger partial charge in [0.25, 0.3) is 0 Å². The SMILES string of the molecule is CCCCNC(=O)[C@@H]1[C@H]2C=C[C@@H](CC)[C@@H](C(=O)OCC)[C@@H]2C(=O)N1[C@@H](CO)Cc1ccccc1. The number of carbonyl (C=O) groups excluding carboxylic acids is 3. The molecule has 0 unspecified atom stereocenters. The molecule has 0 saturated carbocycles. The molecule has 0 aromatic heterocycles. The molecular weight excluding hydrogens is 432 g/mol. The van der Waals surface area contributed by atoms with Crippen molar-refractivity contribution in [2.75, 3.05) is 19.8 Å². The highest BCUT2D eigenvalue weighted by Gasteiger charge is 2.58. The molecule has 1 heterocycles. The molecule has 0 radical (unpaired) electrons. The van der Waals surface area contributed by atoms with Gasteiger partial charge in [0.1, 0.15) is 6.04 Å². The minimum absolute atomic E-state index is 0.130. The zero-order valence-corrected chi connectivity index (χ0v) is 20.5. The summed E-state index contributed by atoms with van der Waals surface area (Å²) in [6.07, 6.45) is 6.80. The molecule has 2 N–H and O–H groups in total. The largest absolute Gasteiger partial charge is 0.466 e. The Balaban J connectivity index is 2.00. The van der Waals surface area contributed by atoms with Crippen LogP contribution in [0.25, 0.3) is 0 Å². The summed E-state index contributed by atoms with van der Waals surface area (Å²) in [6.45, 7) is 6.27. The number of fused-ring (bicyclic) bond motifs is 1. The number of ether oxygens (including phenoxy) is 1. The Morgan fingerprint density at radius 1 is 1.15 bits per heavy atom. The lowest BCUT2D eigenvalue weighted by Crippen LogP contribution is -2.53. The van der Waals surface area contributed by atoms with E-state index in [-0.39, 0.29) is 30.9 Å². The van der Waals surface area contributed by atoms with Crippen LogP contribution in [0.5, 0.6) is 0 Å². The van der Waals surface area contributed by atoms with Crippen molar-refractivity contribution in [3.8, 4) is 0 Å². The number of esters is 1. The summed E-state index contributed by atoms with van der Waals surface area (Å²) in [5.74, 6) is -2.77. The number of carbonyl (C=O) groups is 3. The Morgan fingerprint density at radius 2 is 1.88 bits per heavy atom. The third kappa shape index (κ3) is 5.35. The van der Waals surface area contributed by atoms with Gasteiger partial charge in [0.05, 0.1) is 31.1 Å². The predicted molar refractivity (Wildman–Crippen MR) is 130 cm³/mol. The van der Waals surface area contributed by atoms with Crippen LogP contribution < -0.4 is 5.32 Å². The Hall–Kier alpha value is -2.67. The number of allylic oxidation sites excluding steroid dienone is 1.